The van der Waals surface area contributed by atoms with Crippen molar-refractivity contribution in [3.8, 4) is 0 Å². The Bertz CT molecular complexity index is 624. The van der Waals surface area contributed by atoms with Gasteiger partial charge in [-0.05, 0) is 20.8 Å². The molecule has 0 amide bonds. The molecule has 0 saturated heterocycles. The predicted molar refractivity (Wildman–Crippen MR) is 70.1 cm³/mol. The highest BCUT2D eigenvalue weighted by Gasteiger charge is 2.20. The van der Waals surface area contributed by atoms with Crippen molar-refractivity contribution in [3.63, 3.8) is 0 Å². The Morgan fingerprint density at radius 2 is 2.17 bits per heavy atom. The maximum Gasteiger partial charge on any atom is 0.212 e. The van der Waals surface area contributed by atoms with E-state index in [0.29, 0.717) is 0 Å². The van der Waals surface area contributed by atoms with Crippen molar-refractivity contribution < 1.29 is 0 Å². The molecule has 6 nitrogen and oxygen atoms in total. The fourth-order valence-electron chi connectivity index (χ4n) is 1.92. The topological polar surface area (TPSA) is 60.9 Å². The Balaban J connectivity index is 2.05. The standard InChI is InChI=1S/C11H14N6S/c1-4-16-5-9(7(2)14-16)10-6-18-11-13-12-8(3)17(11)15-10/h5H,4,6H2,1-3H3. The summed E-state index contributed by atoms with van der Waals surface area (Å²) < 4.78 is 3.73. The second kappa shape index (κ2) is 4.24. The van der Waals surface area contributed by atoms with Gasteiger partial charge in [-0.25, -0.2) is 0 Å². The van der Waals surface area contributed by atoms with Crippen molar-refractivity contribution >= 4 is 17.5 Å². The maximum atomic E-state index is 4.62. The number of hydrogen-bond acceptors (Lipinski definition) is 5. The second-order valence-corrected chi connectivity index (χ2v) is 5.10. The third kappa shape index (κ3) is 1.74. The van der Waals surface area contributed by atoms with E-state index in [1.165, 1.54) is 0 Å². The summed E-state index contributed by atoms with van der Waals surface area (Å²) >= 11 is 1.66. The quantitative estimate of drug-likeness (QED) is 0.822. The minimum Gasteiger partial charge on any atom is -0.272 e. The van der Waals surface area contributed by atoms with Crippen molar-refractivity contribution in [2.45, 2.75) is 32.5 Å². The van der Waals surface area contributed by atoms with E-state index in [2.05, 4.69) is 33.5 Å². The largest absolute Gasteiger partial charge is 0.272 e. The zero-order chi connectivity index (χ0) is 12.7. The van der Waals surface area contributed by atoms with Crippen LogP contribution in [0.2, 0.25) is 0 Å². The highest BCUT2D eigenvalue weighted by atomic mass is 32.2. The van der Waals surface area contributed by atoms with Crippen molar-refractivity contribution in [1.29, 1.82) is 0 Å². The molecule has 0 aromatic carbocycles. The van der Waals surface area contributed by atoms with Crippen LogP contribution < -0.4 is 0 Å². The monoisotopic (exact) mass is 262 g/mol. The fraction of sp³-hybridized carbons (Fsp3) is 0.455. The first kappa shape index (κ1) is 11.5. The first-order valence-electron chi connectivity index (χ1n) is 5.86. The van der Waals surface area contributed by atoms with Gasteiger partial charge in [0.2, 0.25) is 5.16 Å². The summed E-state index contributed by atoms with van der Waals surface area (Å²) in [6.07, 6.45) is 2.05. The van der Waals surface area contributed by atoms with Crippen LogP contribution in [0.3, 0.4) is 0 Å². The summed E-state index contributed by atoms with van der Waals surface area (Å²) in [5, 5.41) is 18.0. The van der Waals surface area contributed by atoms with Crippen LogP contribution >= 0.6 is 11.8 Å². The first-order valence-corrected chi connectivity index (χ1v) is 6.84. The molecule has 3 rings (SSSR count). The number of aryl methyl sites for hydroxylation is 3. The van der Waals surface area contributed by atoms with Crippen LogP contribution in [0.5, 0.6) is 0 Å². The van der Waals surface area contributed by atoms with Crippen molar-refractivity contribution in [2.75, 3.05) is 5.75 Å². The van der Waals surface area contributed by atoms with Gasteiger partial charge in [-0.1, -0.05) is 11.8 Å². The lowest BCUT2D eigenvalue weighted by atomic mass is 10.2. The van der Waals surface area contributed by atoms with Crippen LogP contribution in [0.1, 0.15) is 24.0 Å². The lowest BCUT2D eigenvalue weighted by Gasteiger charge is -2.12. The van der Waals surface area contributed by atoms with Crippen molar-refractivity contribution in [1.82, 2.24) is 24.7 Å². The minimum absolute atomic E-state index is 0.814. The highest BCUT2D eigenvalue weighted by molar-refractivity contribution is 7.99. The normalized spacial score (nSPS) is 14.5. The van der Waals surface area contributed by atoms with Crippen LogP contribution in [0, 0.1) is 13.8 Å². The Labute approximate surface area is 109 Å². The van der Waals surface area contributed by atoms with Gasteiger partial charge in [0.05, 0.1) is 11.4 Å². The number of hydrogen-bond donors (Lipinski definition) is 0. The summed E-state index contributed by atoms with van der Waals surface area (Å²) in [5.74, 6) is 1.63. The molecule has 0 spiro atoms. The van der Waals surface area contributed by atoms with E-state index in [1.807, 2.05) is 18.5 Å². The summed E-state index contributed by atoms with van der Waals surface area (Å²) in [7, 11) is 0. The number of fused-ring (bicyclic) bond motifs is 1. The molecule has 0 aliphatic carbocycles. The third-order valence-corrected chi connectivity index (χ3v) is 3.84. The van der Waals surface area contributed by atoms with Gasteiger partial charge in [0.1, 0.15) is 0 Å². The van der Waals surface area contributed by atoms with Crippen LogP contribution in [-0.4, -0.2) is 36.1 Å². The number of thioether (sulfide) groups is 1. The Morgan fingerprint density at radius 1 is 1.33 bits per heavy atom. The zero-order valence-corrected chi connectivity index (χ0v) is 11.4. The maximum absolute atomic E-state index is 4.62. The summed E-state index contributed by atoms with van der Waals surface area (Å²) in [6.45, 7) is 6.88. The SMILES string of the molecule is CCn1cc(C2=Nn3c(C)nnc3SC2)c(C)n1. The van der Waals surface area contributed by atoms with Gasteiger partial charge in [0.25, 0.3) is 0 Å². The van der Waals surface area contributed by atoms with Crippen molar-refractivity contribution in [2.24, 2.45) is 5.10 Å². The molecule has 7 heteroatoms. The highest BCUT2D eigenvalue weighted by Crippen LogP contribution is 2.24. The van der Waals surface area contributed by atoms with Crippen LogP contribution in [0.4, 0.5) is 0 Å². The Kier molecular flexibility index (Phi) is 2.70. The molecule has 0 saturated carbocycles. The molecule has 0 bridgehead atoms. The van der Waals surface area contributed by atoms with E-state index in [-0.39, 0.29) is 0 Å². The molecular weight excluding hydrogens is 248 g/mol. The van der Waals surface area contributed by atoms with Crippen LogP contribution in [-0.2, 0) is 6.54 Å². The number of aromatic nitrogens is 5. The summed E-state index contributed by atoms with van der Waals surface area (Å²) in [4.78, 5) is 0. The summed E-state index contributed by atoms with van der Waals surface area (Å²) in [5.41, 5.74) is 3.17. The number of nitrogens with zero attached hydrogens (tertiary/aromatic N) is 6. The minimum atomic E-state index is 0.814. The smallest absolute Gasteiger partial charge is 0.212 e. The van der Waals surface area contributed by atoms with E-state index in [1.54, 1.807) is 16.4 Å². The van der Waals surface area contributed by atoms with Gasteiger partial charge >= 0.3 is 0 Å². The third-order valence-electron chi connectivity index (χ3n) is 2.91. The lowest BCUT2D eigenvalue weighted by molar-refractivity contribution is 0.653. The van der Waals surface area contributed by atoms with E-state index >= 15 is 0 Å². The molecule has 1 aliphatic rings. The molecular formula is C11H14N6S. The molecule has 1 aliphatic heterocycles. The Morgan fingerprint density at radius 3 is 2.89 bits per heavy atom. The van der Waals surface area contributed by atoms with E-state index in [0.717, 1.165) is 40.2 Å². The first-order chi connectivity index (χ1) is 8.69. The van der Waals surface area contributed by atoms with Gasteiger partial charge < -0.3 is 0 Å². The average molecular weight is 262 g/mol. The molecule has 3 heterocycles. The van der Waals surface area contributed by atoms with Gasteiger partial charge in [-0.3, -0.25) is 4.68 Å². The Hall–Kier alpha value is -1.63. The molecule has 94 valence electrons. The molecule has 2 aromatic rings. The predicted octanol–water partition coefficient (Wildman–Crippen LogP) is 1.47. The van der Waals surface area contributed by atoms with Gasteiger partial charge in [-0.2, -0.15) is 14.9 Å². The molecule has 0 fully saturated rings. The van der Waals surface area contributed by atoms with Crippen molar-refractivity contribution in [3.05, 3.63) is 23.3 Å². The molecule has 0 radical (unpaired) electrons. The lowest BCUT2D eigenvalue weighted by Crippen LogP contribution is -2.14. The molecule has 0 atom stereocenters. The van der Waals surface area contributed by atoms with E-state index < -0.39 is 0 Å². The summed E-state index contributed by atoms with van der Waals surface area (Å²) in [6, 6.07) is 0. The number of rotatable bonds is 2. The average Bonchev–Trinajstić information content (AvgIpc) is 2.93. The van der Waals surface area contributed by atoms with E-state index in [4.69, 9.17) is 0 Å². The molecule has 0 N–H and O–H groups in total. The molecule has 18 heavy (non-hydrogen) atoms. The van der Waals surface area contributed by atoms with Crippen LogP contribution in [0.15, 0.2) is 16.5 Å². The fourth-order valence-corrected chi connectivity index (χ4v) is 2.79. The second-order valence-electron chi connectivity index (χ2n) is 4.16. The van der Waals surface area contributed by atoms with Gasteiger partial charge in [-0.15, -0.1) is 10.2 Å². The van der Waals surface area contributed by atoms with Gasteiger partial charge in [0.15, 0.2) is 5.82 Å². The molecule has 2 aromatic heterocycles. The zero-order valence-electron chi connectivity index (χ0n) is 10.6. The molecule has 0 unspecified atom stereocenters. The van der Waals surface area contributed by atoms with Gasteiger partial charge in [0, 0.05) is 24.1 Å². The van der Waals surface area contributed by atoms with E-state index in [9.17, 15) is 0 Å². The van der Waals surface area contributed by atoms with Crippen LogP contribution in [0.25, 0.3) is 0 Å².